The van der Waals surface area contributed by atoms with Gasteiger partial charge in [-0.05, 0) is 30.5 Å². The van der Waals surface area contributed by atoms with Gasteiger partial charge in [-0.15, -0.1) is 0 Å². The number of allylic oxidation sites excluding steroid dienone is 4. The molecule has 0 saturated heterocycles. The van der Waals surface area contributed by atoms with Crippen molar-refractivity contribution in [3.63, 3.8) is 0 Å². The van der Waals surface area contributed by atoms with Gasteiger partial charge < -0.3 is 14.7 Å². The predicted molar refractivity (Wildman–Crippen MR) is 81.9 cm³/mol. The van der Waals surface area contributed by atoms with Crippen molar-refractivity contribution < 1.29 is 28.2 Å². The SMILES string of the molecule is O=C1CCC2=C(OC3=C(F)C(F)=CC4Cc5c(O)nsc5N2C34)C1=O. The number of nitrogens with zero attached hydrogens (tertiary/aromatic N) is 2. The molecule has 2 atom stereocenters. The number of fused-ring (bicyclic) bond motifs is 3. The van der Waals surface area contributed by atoms with Crippen molar-refractivity contribution in [1.29, 1.82) is 0 Å². The maximum Gasteiger partial charge on any atom is 0.265 e. The van der Waals surface area contributed by atoms with Gasteiger partial charge in [0.15, 0.2) is 23.2 Å². The van der Waals surface area contributed by atoms with Gasteiger partial charge in [-0.3, -0.25) is 9.59 Å². The normalized spacial score (nSPS) is 27.6. The summed E-state index contributed by atoms with van der Waals surface area (Å²) >= 11 is 1.02. The van der Waals surface area contributed by atoms with E-state index >= 15 is 0 Å². The number of ether oxygens (including phenoxy) is 1. The molecule has 9 heteroatoms. The molecular weight excluding hydrogens is 354 g/mol. The predicted octanol–water partition coefficient (Wildman–Crippen LogP) is 2.42. The molecule has 6 nitrogen and oxygen atoms in total. The van der Waals surface area contributed by atoms with Crippen LogP contribution in [0.3, 0.4) is 0 Å². The molecular formula is C16H10F2N2O4S. The van der Waals surface area contributed by atoms with E-state index in [9.17, 15) is 23.5 Å². The molecule has 2 aliphatic carbocycles. The maximum atomic E-state index is 14.4. The molecule has 128 valence electrons. The van der Waals surface area contributed by atoms with Crippen molar-refractivity contribution in [2.75, 3.05) is 4.90 Å². The number of halogens is 2. The lowest BCUT2D eigenvalue weighted by Crippen LogP contribution is -2.51. The highest BCUT2D eigenvalue weighted by atomic mass is 32.1. The van der Waals surface area contributed by atoms with E-state index in [0.29, 0.717) is 16.3 Å². The summed E-state index contributed by atoms with van der Waals surface area (Å²) < 4.78 is 37.8. The lowest BCUT2D eigenvalue weighted by Gasteiger charge is -2.47. The van der Waals surface area contributed by atoms with E-state index in [4.69, 9.17) is 4.74 Å². The minimum Gasteiger partial charge on any atom is -0.492 e. The summed E-state index contributed by atoms with van der Waals surface area (Å²) in [5.41, 5.74) is 0.978. The largest absolute Gasteiger partial charge is 0.492 e. The van der Waals surface area contributed by atoms with Crippen LogP contribution in [0.15, 0.2) is 34.9 Å². The van der Waals surface area contributed by atoms with Gasteiger partial charge in [-0.1, -0.05) is 0 Å². The van der Waals surface area contributed by atoms with Crippen LogP contribution >= 0.6 is 11.5 Å². The zero-order chi connectivity index (χ0) is 17.5. The molecule has 4 aliphatic rings. The van der Waals surface area contributed by atoms with Gasteiger partial charge in [0.1, 0.15) is 11.0 Å². The first-order valence-electron chi connectivity index (χ1n) is 7.70. The molecule has 0 bridgehead atoms. The van der Waals surface area contributed by atoms with Gasteiger partial charge in [-0.25, -0.2) is 4.39 Å². The summed E-state index contributed by atoms with van der Waals surface area (Å²) in [6, 6.07) is -0.661. The second kappa shape index (κ2) is 4.75. The van der Waals surface area contributed by atoms with E-state index < -0.39 is 35.2 Å². The molecule has 5 rings (SSSR count). The molecule has 2 unspecified atom stereocenters. The van der Waals surface area contributed by atoms with Gasteiger partial charge in [0, 0.05) is 12.3 Å². The van der Waals surface area contributed by atoms with Crippen LogP contribution in [0.25, 0.3) is 0 Å². The summed E-state index contributed by atoms with van der Waals surface area (Å²) in [6.45, 7) is 0. The quantitative estimate of drug-likeness (QED) is 0.712. The highest BCUT2D eigenvalue weighted by molar-refractivity contribution is 7.10. The number of aromatic nitrogens is 1. The summed E-state index contributed by atoms with van der Waals surface area (Å²) in [6.07, 6.45) is 1.73. The Balaban J connectivity index is 1.80. The number of carbonyl (C=O) groups is 2. The van der Waals surface area contributed by atoms with Gasteiger partial charge in [-0.2, -0.15) is 8.76 Å². The second-order valence-corrected chi connectivity index (χ2v) is 7.05. The third-order valence-electron chi connectivity index (χ3n) is 4.96. The molecule has 0 spiro atoms. The average molecular weight is 364 g/mol. The Morgan fingerprint density at radius 1 is 1.32 bits per heavy atom. The van der Waals surface area contributed by atoms with Crippen LogP contribution in [0, 0.1) is 5.92 Å². The van der Waals surface area contributed by atoms with Crippen LogP contribution in [-0.2, 0) is 20.7 Å². The third-order valence-corrected chi connectivity index (χ3v) is 5.84. The molecule has 25 heavy (non-hydrogen) atoms. The smallest absolute Gasteiger partial charge is 0.265 e. The Morgan fingerprint density at radius 3 is 2.92 bits per heavy atom. The molecule has 1 N–H and O–H groups in total. The Labute approximate surface area is 143 Å². The first-order valence-corrected chi connectivity index (χ1v) is 8.47. The van der Waals surface area contributed by atoms with E-state index in [-0.39, 0.29) is 36.7 Å². The summed E-state index contributed by atoms with van der Waals surface area (Å²) in [4.78, 5) is 25.7. The van der Waals surface area contributed by atoms with Gasteiger partial charge in [0.2, 0.25) is 11.7 Å². The average Bonchev–Trinajstić information content (AvgIpc) is 2.96. The fraction of sp³-hybridized carbons (Fsp3) is 0.312. The molecule has 0 fully saturated rings. The molecule has 1 aromatic rings. The Morgan fingerprint density at radius 2 is 2.12 bits per heavy atom. The minimum absolute atomic E-state index is 0.0285. The lowest BCUT2D eigenvalue weighted by molar-refractivity contribution is -0.137. The van der Waals surface area contributed by atoms with E-state index in [0.717, 1.165) is 11.5 Å². The van der Waals surface area contributed by atoms with Crippen molar-refractivity contribution >= 4 is 28.1 Å². The Kier molecular flexibility index (Phi) is 2.81. The number of hydrogen-bond donors (Lipinski definition) is 1. The topological polar surface area (TPSA) is 79.7 Å². The molecule has 0 radical (unpaired) electrons. The molecule has 0 aromatic carbocycles. The lowest BCUT2D eigenvalue weighted by atomic mass is 9.81. The zero-order valence-electron chi connectivity index (χ0n) is 12.6. The van der Waals surface area contributed by atoms with Crippen molar-refractivity contribution in [2.24, 2.45) is 5.92 Å². The Hall–Kier alpha value is -2.55. The summed E-state index contributed by atoms with van der Waals surface area (Å²) in [5, 5.41) is 10.6. The highest BCUT2D eigenvalue weighted by Gasteiger charge is 2.51. The summed E-state index contributed by atoms with van der Waals surface area (Å²) in [5.74, 6) is -4.89. The van der Waals surface area contributed by atoms with Crippen molar-refractivity contribution in [3.05, 3.63) is 40.5 Å². The second-order valence-electron chi connectivity index (χ2n) is 6.30. The number of hydrogen-bond acceptors (Lipinski definition) is 7. The van der Waals surface area contributed by atoms with Crippen molar-refractivity contribution in [1.82, 2.24) is 4.37 Å². The first-order chi connectivity index (χ1) is 12.0. The fourth-order valence-corrected chi connectivity index (χ4v) is 4.73. The van der Waals surface area contributed by atoms with Crippen LogP contribution in [-0.4, -0.2) is 27.1 Å². The Bertz CT molecular complexity index is 961. The standard InChI is InChI=1S/C16H10F2N2O4S/c17-7-4-5-3-6-15(23)19-25-16(6)20-8-1-2-9(21)12(22)13(8)24-14(10(7)18)11(5)20/h4-5,11H,1-3H2,(H,19,23). The summed E-state index contributed by atoms with van der Waals surface area (Å²) in [7, 11) is 0. The van der Waals surface area contributed by atoms with Crippen LogP contribution in [0.5, 0.6) is 5.88 Å². The number of carbonyl (C=O) groups excluding carboxylic acids is 2. The van der Waals surface area contributed by atoms with Gasteiger partial charge in [0.05, 0.1) is 11.3 Å². The monoisotopic (exact) mass is 364 g/mol. The fourth-order valence-electron chi connectivity index (χ4n) is 3.85. The van der Waals surface area contributed by atoms with E-state index in [1.165, 1.54) is 6.08 Å². The molecule has 0 amide bonds. The molecule has 0 saturated carbocycles. The number of ketones is 2. The zero-order valence-corrected chi connectivity index (χ0v) is 13.4. The molecule has 1 aromatic heterocycles. The van der Waals surface area contributed by atoms with E-state index in [1.807, 2.05) is 0 Å². The van der Waals surface area contributed by atoms with Crippen LogP contribution in [0.2, 0.25) is 0 Å². The van der Waals surface area contributed by atoms with Crippen LogP contribution in [0.4, 0.5) is 13.8 Å². The minimum atomic E-state index is -1.17. The van der Waals surface area contributed by atoms with E-state index in [1.54, 1.807) is 4.90 Å². The van der Waals surface area contributed by atoms with E-state index in [2.05, 4.69) is 4.37 Å². The number of Topliss-reactive ketones (excluding diaryl/α,β-unsaturated/α-hetero) is 2. The number of aromatic hydroxyl groups is 1. The first kappa shape index (κ1) is 14.8. The van der Waals surface area contributed by atoms with Crippen molar-refractivity contribution in [2.45, 2.75) is 25.3 Å². The van der Waals surface area contributed by atoms with Crippen LogP contribution in [0.1, 0.15) is 18.4 Å². The van der Waals surface area contributed by atoms with Crippen LogP contribution < -0.4 is 4.90 Å². The van der Waals surface area contributed by atoms with Gasteiger partial charge >= 0.3 is 0 Å². The highest BCUT2D eigenvalue weighted by Crippen LogP contribution is 2.52. The number of anilines is 1. The third kappa shape index (κ3) is 1.78. The number of rotatable bonds is 0. The maximum absolute atomic E-state index is 14.4. The van der Waals surface area contributed by atoms with Crippen molar-refractivity contribution in [3.8, 4) is 5.88 Å². The van der Waals surface area contributed by atoms with Gasteiger partial charge in [0.25, 0.3) is 5.78 Å². The molecule has 3 heterocycles. The molecule has 2 aliphatic heterocycles.